The van der Waals surface area contributed by atoms with Crippen molar-refractivity contribution >= 4 is 51.5 Å². The molecule has 2 amide bonds. The number of halogens is 4. The lowest BCUT2D eigenvalue weighted by atomic mass is 10.1. The van der Waals surface area contributed by atoms with Crippen molar-refractivity contribution in [3.63, 3.8) is 0 Å². The van der Waals surface area contributed by atoms with E-state index in [1.165, 1.54) is 0 Å². The summed E-state index contributed by atoms with van der Waals surface area (Å²) < 4.78 is 43.4. The average Bonchev–Trinajstić information content (AvgIpc) is 2.78. The standard InChI is InChI=1S/C24H20ClF3N2O4/c25-18-12-11-16(24(26,27)28)13-20(18)30-21(31)9-4-10-23(33)34-14-22(32)29-19-8-3-6-15-5-1-2-7-17(15)19/h1-3,5-8,11-13H,4,9-10,14H2,(H,29,32)(H,30,31). The summed E-state index contributed by atoms with van der Waals surface area (Å²) in [6.45, 7) is -0.492. The fourth-order valence-electron chi connectivity index (χ4n) is 3.14. The Balaban J connectivity index is 1.41. The highest BCUT2D eigenvalue weighted by atomic mass is 35.5. The van der Waals surface area contributed by atoms with Gasteiger partial charge in [0.15, 0.2) is 6.61 Å². The first-order valence-electron chi connectivity index (χ1n) is 10.2. The highest BCUT2D eigenvalue weighted by molar-refractivity contribution is 6.33. The van der Waals surface area contributed by atoms with Crippen LogP contribution < -0.4 is 10.6 Å². The van der Waals surface area contributed by atoms with Crippen LogP contribution in [0.4, 0.5) is 24.5 Å². The van der Waals surface area contributed by atoms with Gasteiger partial charge >= 0.3 is 12.1 Å². The molecule has 0 aliphatic carbocycles. The third-order valence-electron chi connectivity index (χ3n) is 4.78. The van der Waals surface area contributed by atoms with E-state index >= 15 is 0 Å². The molecular weight excluding hydrogens is 473 g/mol. The van der Waals surface area contributed by atoms with E-state index in [2.05, 4.69) is 10.6 Å². The second kappa shape index (κ2) is 11.0. The first-order chi connectivity index (χ1) is 16.1. The van der Waals surface area contributed by atoms with E-state index in [4.69, 9.17) is 16.3 Å². The van der Waals surface area contributed by atoms with Crippen LogP contribution in [0.1, 0.15) is 24.8 Å². The molecular formula is C24H20ClF3N2O4. The average molecular weight is 493 g/mol. The minimum atomic E-state index is -4.58. The SMILES string of the molecule is O=C(CCCC(=O)OCC(=O)Nc1cccc2ccccc12)Nc1cc(C(F)(F)F)ccc1Cl. The minimum absolute atomic E-state index is 0.0435. The highest BCUT2D eigenvalue weighted by Gasteiger charge is 2.31. The van der Waals surface area contributed by atoms with Crippen LogP contribution in [0.15, 0.2) is 60.7 Å². The van der Waals surface area contributed by atoms with E-state index in [1.54, 1.807) is 12.1 Å². The minimum Gasteiger partial charge on any atom is -0.456 e. The van der Waals surface area contributed by atoms with Crippen molar-refractivity contribution in [3.05, 3.63) is 71.2 Å². The van der Waals surface area contributed by atoms with Gasteiger partial charge in [0.25, 0.3) is 5.91 Å². The lowest BCUT2D eigenvalue weighted by molar-refractivity contribution is -0.147. The largest absolute Gasteiger partial charge is 0.456 e. The van der Waals surface area contributed by atoms with E-state index in [9.17, 15) is 27.6 Å². The number of ether oxygens (including phenoxy) is 1. The second-order valence-electron chi connectivity index (χ2n) is 7.33. The zero-order valence-electron chi connectivity index (χ0n) is 17.7. The Morgan fingerprint density at radius 2 is 1.56 bits per heavy atom. The molecule has 0 aliphatic rings. The third-order valence-corrected chi connectivity index (χ3v) is 5.11. The molecule has 178 valence electrons. The number of benzene rings is 3. The van der Waals surface area contributed by atoms with Gasteiger partial charge < -0.3 is 15.4 Å². The summed E-state index contributed by atoms with van der Waals surface area (Å²) in [6.07, 6.45) is -4.80. The monoisotopic (exact) mass is 492 g/mol. The predicted octanol–water partition coefficient (Wildman–Crippen LogP) is 5.80. The molecule has 3 aromatic rings. The smallest absolute Gasteiger partial charge is 0.416 e. The number of amides is 2. The van der Waals surface area contributed by atoms with Gasteiger partial charge in [-0.1, -0.05) is 48.0 Å². The maximum atomic E-state index is 12.8. The number of carbonyl (C=O) groups excluding carboxylic acids is 3. The fourth-order valence-corrected chi connectivity index (χ4v) is 3.31. The van der Waals surface area contributed by atoms with E-state index < -0.39 is 36.1 Å². The molecule has 0 aromatic heterocycles. The van der Waals surface area contributed by atoms with Crippen molar-refractivity contribution in [2.45, 2.75) is 25.4 Å². The summed E-state index contributed by atoms with van der Waals surface area (Å²) in [5, 5.41) is 6.74. The first kappa shape index (κ1) is 25.0. The number of hydrogen-bond donors (Lipinski definition) is 2. The molecule has 2 N–H and O–H groups in total. The molecule has 0 bridgehead atoms. The van der Waals surface area contributed by atoms with Gasteiger partial charge in [-0.15, -0.1) is 0 Å². The van der Waals surface area contributed by atoms with E-state index in [0.717, 1.165) is 29.0 Å². The summed E-state index contributed by atoms with van der Waals surface area (Å²) in [7, 11) is 0. The van der Waals surface area contributed by atoms with Crippen molar-refractivity contribution in [1.29, 1.82) is 0 Å². The molecule has 0 fully saturated rings. The van der Waals surface area contributed by atoms with Gasteiger partial charge in [0.1, 0.15) is 0 Å². The lowest BCUT2D eigenvalue weighted by Gasteiger charge is -2.11. The highest BCUT2D eigenvalue weighted by Crippen LogP contribution is 2.33. The Hall–Kier alpha value is -3.59. The number of anilines is 2. The second-order valence-corrected chi connectivity index (χ2v) is 7.74. The molecule has 0 aliphatic heterocycles. The van der Waals surface area contributed by atoms with Crippen molar-refractivity contribution in [3.8, 4) is 0 Å². The number of fused-ring (bicyclic) bond motifs is 1. The van der Waals surface area contributed by atoms with Crippen LogP contribution in [0.5, 0.6) is 0 Å². The molecule has 0 spiro atoms. The van der Waals surface area contributed by atoms with Gasteiger partial charge in [0.2, 0.25) is 5.91 Å². The van der Waals surface area contributed by atoms with Crippen LogP contribution in [0.3, 0.4) is 0 Å². The van der Waals surface area contributed by atoms with Crippen LogP contribution in [-0.2, 0) is 25.3 Å². The van der Waals surface area contributed by atoms with Crippen LogP contribution >= 0.6 is 11.6 Å². The zero-order valence-corrected chi connectivity index (χ0v) is 18.5. The number of nitrogens with one attached hydrogen (secondary N) is 2. The van der Waals surface area contributed by atoms with Gasteiger partial charge in [-0.05, 0) is 36.1 Å². The Morgan fingerprint density at radius 3 is 2.32 bits per heavy atom. The summed E-state index contributed by atoms with van der Waals surface area (Å²) in [4.78, 5) is 36.0. The van der Waals surface area contributed by atoms with Gasteiger partial charge in [-0.2, -0.15) is 13.2 Å². The van der Waals surface area contributed by atoms with Gasteiger partial charge in [0, 0.05) is 23.9 Å². The van der Waals surface area contributed by atoms with Crippen LogP contribution in [0.2, 0.25) is 5.02 Å². The number of alkyl halides is 3. The van der Waals surface area contributed by atoms with Crippen molar-refractivity contribution in [1.82, 2.24) is 0 Å². The van der Waals surface area contributed by atoms with Gasteiger partial charge in [-0.25, -0.2) is 0 Å². The van der Waals surface area contributed by atoms with E-state index in [1.807, 2.05) is 30.3 Å². The van der Waals surface area contributed by atoms with Crippen molar-refractivity contribution in [2.75, 3.05) is 17.2 Å². The molecule has 0 saturated heterocycles. The Bertz CT molecular complexity index is 1210. The van der Waals surface area contributed by atoms with E-state index in [-0.39, 0.29) is 30.0 Å². The van der Waals surface area contributed by atoms with Crippen LogP contribution in [0.25, 0.3) is 10.8 Å². The third kappa shape index (κ3) is 6.95. The maximum Gasteiger partial charge on any atom is 0.416 e. The first-order valence-corrected chi connectivity index (χ1v) is 10.6. The van der Waals surface area contributed by atoms with E-state index in [0.29, 0.717) is 5.69 Å². The van der Waals surface area contributed by atoms with Crippen LogP contribution in [0, 0.1) is 0 Å². The lowest BCUT2D eigenvalue weighted by Crippen LogP contribution is -2.21. The summed E-state index contributed by atoms with van der Waals surface area (Å²) in [6, 6.07) is 15.5. The quantitative estimate of drug-likeness (QED) is 0.389. The maximum absolute atomic E-state index is 12.8. The summed E-state index contributed by atoms with van der Waals surface area (Å²) in [5.74, 6) is -1.80. The fraction of sp³-hybridized carbons (Fsp3) is 0.208. The Kier molecular flexibility index (Phi) is 8.12. The molecule has 0 atom stereocenters. The van der Waals surface area contributed by atoms with Gasteiger partial charge in [0.05, 0.1) is 16.3 Å². The summed E-state index contributed by atoms with van der Waals surface area (Å²) >= 11 is 5.84. The Labute approximate surface area is 198 Å². The predicted molar refractivity (Wildman–Crippen MR) is 122 cm³/mol. The van der Waals surface area contributed by atoms with Crippen molar-refractivity contribution in [2.24, 2.45) is 0 Å². The zero-order chi connectivity index (χ0) is 24.7. The molecule has 0 saturated carbocycles. The molecule has 0 radical (unpaired) electrons. The normalized spacial score (nSPS) is 11.2. The number of rotatable bonds is 8. The summed E-state index contributed by atoms with van der Waals surface area (Å²) in [5.41, 5.74) is -0.532. The molecule has 3 aromatic carbocycles. The Morgan fingerprint density at radius 1 is 0.853 bits per heavy atom. The molecule has 6 nitrogen and oxygen atoms in total. The topological polar surface area (TPSA) is 84.5 Å². The number of carbonyl (C=O) groups is 3. The molecule has 0 heterocycles. The number of hydrogen-bond acceptors (Lipinski definition) is 4. The van der Waals surface area contributed by atoms with Gasteiger partial charge in [-0.3, -0.25) is 14.4 Å². The molecule has 34 heavy (non-hydrogen) atoms. The van der Waals surface area contributed by atoms with Crippen molar-refractivity contribution < 1.29 is 32.3 Å². The molecule has 3 rings (SSSR count). The van der Waals surface area contributed by atoms with Crippen LogP contribution in [-0.4, -0.2) is 24.4 Å². The molecule has 10 heteroatoms. The number of esters is 1. The molecule has 0 unspecified atom stereocenters.